The van der Waals surface area contributed by atoms with Crippen LogP contribution in [-0.4, -0.2) is 66.6 Å². The van der Waals surface area contributed by atoms with Gasteiger partial charge in [-0.15, -0.1) is 6.61 Å². The molecule has 0 saturated heterocycles. The number of nitrogens with one attached hydrogen (secondary N) is 1. The lowest BCUT2D eigenvalue weighted by molar-refractivity contribution is -0.870. The molecule has 0 saturated carbocycles. The van der Waals surface area contributed by atoms with E-state index in [-0.39, 0.29) is 6.61 Å². The van der Waals surface area contributed by atoms with E-state index >= 15 is 0 Å². The Labute approximate surface area is 135 Å². The molecule has 0 aliphatic heterocycles. The molecular weight excluding hydrogens is 394 g/mol. The molecule has 0 unspecified atom stereocenters. The van der Waals surface area contributed by atoms with Gasteiger partial charge in [-0.3, -0.25) is 0 Å². The van der Waals surface area contributed by atoms with Gasteiger partial charge in [0, 0.05) is 0 Å². The molecule has 24 heavy (non-hydrogen) atoms. The Bertz CT molecular complexity index is 535. The summed E-state index contributed by atoms with van der Waals surface area (Å²) in [6.07, 6.45) is 1.89. The van der Waals surface area contributed by atoms with Gasteiger partial charge < -0.3 is 9.59 Å². The molecule has 0 aromatic carbocycles. The predicted octanol–water partition coefficient (Wildman–Crippen LogP) is 0.108. The van der Waals surface area contributed by atoms with Crippen molar-refractivity contribution < 1.29 is 52.8 Å². The summed E-state index contributed by atoms with van der Waals surface area (Å²) in [5.74, 6) is 0. The maximum atomic E-state index is 11.5. The third-order valence-corrected chi connectivity index (χ3v) is 5.03. The Morgan fingerprint density at radius 3 is 1.38 bits per heavy atom. The summed E-state index contributed by atoms with van der Waals surface area (Å²) >= 11 is 0. The number of alkyl halides is 6. The van der Waals surface area contributed by atoms with Gasteiger partial charge in [-0.05, 0) is 6.42 Å². The van der Waals surface area contributed by atoms with Crippen molar-refractivity contribution in [1.29, 1.82) is 0 Å². The molecule has 0 aliphatic carbocycles. The third-order valence-electron chi connectivity index (χ3n) is 2.05. The lowest BCUT2D eigenvalue weighted by Gasteiger charge is -2.23. The van der Waals surface area contributed by atoms with Gasteiger partial charge in [0.1, 0.15) is 0 Å². The van der Waals surface area contributed by atoms with E-state index in [2.05, 4.69) is 21.1 Å². The number of unbranched alkanes of at least 4 members (excludes halogenated alkanes) is 1. The second-order valence-corrected chi connectivity index (χ2v) is 9.01. The fraction of sp³-hybridized carbons (Fsp3) is 1.00. The summed E-state index contributed by atoms with van der Waals surface area (Å²) in [4.78, 5) is 0. The van der Waals surface area contributed by atoms with E-state index in [9.17, 15) is 48.3 Å². The molecule has 0 spiro atoms. The van der Waals surface area contributed by atoms with Crippen molar-refractivity contribution in [3.8, 4) is 0 Å². The second kappa shape index (κ2) is 8.64. The SMILES string of the molecule is C[N+](C)(C)CCCC[O-].O=S(=O)(NS(=O)(=O)C(F)(F)F)C(F)(F)F. The van der Waals surface area contributed by atoms with Gasteiger partial charge >= 0.3 is 31.1 Å². The zero-order valence-electron chi connectivity index (χ0n) is 12.9. The minimum atomic E-state index is -6.60. The highest BCUT2D eigenvalue weighted by Gasteiger charge is 2.55. The lowest BCUT2D eigenvalue weighted by Crippen LogP contribution is -2.45. The van der Waals surface area contributed by atoms with Gasteiger partial charge in [0.25, 0.3) is 0 Å². The monoisotopic (exact) mass is 412 g/mol. The highest BCUT2D eigenvalue weighted by molar-refractivity contribution is 8.05. The number of rotatable bonds is 6. The van der Waals surface area contributed by atoms with Crippen molar-refractivity contribution in [2.45, 2.75) is 23.9 Å². The van der Waals surface area contributed by atoms with Crippen LogP contribution in [0.2, 0.25) is 0 Å². The maximum Gasteiger partial charge on any atom is 0.512 e. The third kappa shape index (κ3) is 10.3. The number of quaternary nitrogens is 1. The minimum Gasteiger partial charge on any atom is -0.854 e. The van der Waals surface area contributed by atoms with E-state index in [0.717, 1.165) is 23.9 Å². The molecule has 7 nitrogen and oxygen atoms in total. The highest BCUT2D eigenvalue weighted by atomic mass is 32.3. The molecule has 0 fully saturated rings. The maximum absolute atomic E-state index is 11.5. The van der Waals surface area contributed by atoms with Crippen molar-refractivity contribution in [3.63, 3.8) is 0 Å². The number of nitrogens with zero attached hydrogens (tertiary/aromatic N) is 1. The molecule has 0 heterocycles. The molecule has 1 N–H and O–H groups in total. The Hall–Kier alpha value is -0.640. The van der Waals surface area contributed by atoms with Crippen LogP contribution in [0.1, 0.15) is 12.8 Å². The smallest absolute Gasteiger partial charge is 0.512 e. The predicted molar refractivity (Wildman–Crippen MR) is 70.1 cm³/mol. The largest absolute Gasteiger partial charge is 0.854 e. The fourth-order valence-electron chi connectivity index (χ4n) is 0.927. The average molecular weight is 412 g/mol. The van der Waals surface area contributed by atoms with Crippen molar-refractivity contribution >= 4 is 20.0 Å². The van der Waals surface area contributed by atoms with Crippen LogP contribution in [0.4, 0.5) is 26.3 Å². The first kappa shape index (κ1) is 25.6. The standard InChI is InChI=1S/C7H17NO.C2HF6NO4S2/c1-8(2,3)6-4-5-7-9;3-1(4,5)14(10,11)9-15(12,13)2(6,7)8/h4-7H2,1-3H3;9H. The highest BCUT2D eigenvalue weighted by Crippen LogP contribution is 2.27. The van der Waals surface area contributed by atoms with Gasteiger partial charge in [-0.1, -0.05) is 10.5 Å². The fourth-order valence-corrected chi connectivity index (χ4v) is 2.84. The molecule has 0 aromatic rings. The number of sulfonamides is 2. The molecule has 148 valence electrons. The number of hydrogen-bond acceptors (Lipinski definition) is 5. The number of hydrogen-bond donors (Lipinski definition) is 1. The van der Waals surface area contributed by atoms with E-state index < -0.39 is 35.2 Å². The Kier molecular flexibility index (Phi) is 9.22. The normalized spacial score (nSPS) is 14.1. The van der Waals surface area contributed by atoms with Crippen LogP contribution in [0, 0.1) is 0 Å². The van der Waals surface area contributed by atoms with Crippen molar-refractivity contribution in [1.82, 2.24) is 4.13 Å². The van der Waals surface area contributed by atoms with E-state index in [4.69, 9.17) is 0 Å². The quantitative estimate of drug-likeness (QED) is 0.379. The minimum absolute atomic E-state index is 0.0833. The molecule has 0 radical (unpaired) electrons. The molecule has 0 bridgehead atoms. The molecule has 0 amide bonds. The summed E-state index contributed by atoms with van der Waals surface area (Å²) in [5.41, 5.74) is -12.3. The van der Waals surface area contributed by atoms with Gasteiger partial charge in [0.05, 0.1) is 27.7 Å². The lowest BCUT2D eigenvalue weighted by atomic mass is 10.3. The van der Waals surface area contributed by atoms with Gasteiger partial charge in [0.2, 0.25) is 0 Å². The summed E-state index contributed by atoms with van der Waals surface area (Å²) in [6, 6.07) is 0. The van der Waals surface area contributed by atoms with E-state index in [1.54, 1.807) is 0 Å². The van der Waals surface area contributed by atoms with Crippen molar-refractivity contribution in [2.75, 3.05) is 34.3 Å². The van der Waals surface area contributed by atoms with E-state index in [1.165, 1.54) is 0 Å². The van der Waals surface area contributed by atoms with Crippen molar-refractivity contribution in [3.05, 3.63) is 0 Å². The van der Waals surface area contributed by atoms with Gasteiger partial charge in [0.15, 0.2) is 0 Å². The first-order valence-corrected chi connectivity index (χ1v) is 9.03. The molecule has 15 heteroatoms. The van der Waals surface area contributed by atoms with E-state index in [0.29, 0.717) is 0 Å². The topological polar surface area (TPSA) is 103 Å². The van der Waals surface area contributed by atoms with Crippen LogP contribution in [0.15, 0.2) is 0 Å². The van der Waals surface area contributed by atoms with Crippen LogP contribution in [0.5, 0.6) is 0 Å². The van der Waals surface area contributed by atoms with Crippen molar-refractivity contribution in [2.24, 2.45) is 0 Å². The first-order valence-electron chi connectivity index (χ1n) is 6.06. The molecule has 0 rings (SSSR count). The molecule has 0 aromatic heterocycles. The van der Waals surface area contributed by atoms with E-state index in [1.807, 2.05) is 0 Å². The van der Waals surface area contributed by atoms with Crippen LogP contribution in [0.25, 0.3) is 0 Å². The Morgan fingerprint density at radius 2 is 1.17 bits per heavy atom. The molecular formula is C9H18F6N2O5S2. The zero-order chi connectivity index (χ0) is 20.0. The van der Waals surface area contributed by atoms with Gasteiger partial charge in [-0.2, -0.15) is 26.3 Å². The average Bonchev–Trinajstić information content (AvgIpc) is 2.23. The summed E-state index contributed by atoms with van der Waals surface area (Å²) in [6.45, 7) is 1.20. The summed E-state index contributed by atoms with van der Waals surface area (Å²) in [5, 5.41) is 10.0. The Morgan fingerprint density at radius 1 is 0.833 bits per heavy atom. The summed E-state index contributed by atoms with van der Waals surface area (Å²) < 4.78 is 109. The molecule has 0 atom stereocenters. The van der Waals surface area contributed by atoms with Crippen LogP contribution >= 0.6 is 0 Å². The Balaban J connectivity index is 0. The van der Waals surface area contributed by atoms with Crippen LogP contribution < -0.4 is 9.23 Å². The molecule has 0 aliphatic rings. The van der Waals surface area contributed by atoms with Crippen LogP contribution in [0.3, 0.4) is 0 Å². The van der Waals surface area contributed by atoms with Crippen LogP contribution in [-0.2, 0) is 20.0 Å². The zero-order valence-corrected chi connectivity index (χ0v) is 14.5. The summed E-state index contributed by atoms with van der Waals surface area (Å²) in [7, 11) is -6.76. The second-order valence-electron chi connectivity index (χ2n) is 5.41. The number of halogens is 6. The van der Waals surface area contributed by atoms with Gasteiger partial charge in [-0.25, -0.2) is 16.8 Å². The first-order chi connectivity index (χ1) is 10.3.